The highest BCUT2D eigenvalue weighted by atomic mass is 19.1. The van der Waals surface area contributed by atoms with Crippen molar-refractivity contribution < 1.29 is 19.1 Å². The van der Waals surface area contributed by atoms with Gasteiger partial charge in [-0.2, -0.15) is 0 Å². The van der Waals surface area contributed by atoms with Crippen LogP contribution < -0.4 is 5.32 Å². The summed E-state index contributed by atoms with van der Waals surface area (Å²) in [6.45, 7) is 3.34. The van der Waals surface area contributed by atoms with Gasteiger partial charge < -0.3 is 10.4 Å². The van der Waals surface area contributed by atoms with Gasteiger partial charge in [0.25, 0.3) is 0 Å². The molecular formula is C7H12FNO3. The van der Waals surface area contributed by atoms with E-state index in [1.54, 1.807) is 0 Å². The SMILES string of the molecule is CC(=O)NC(C(=O)O)C(C)(C)F. The summed E-state index contributed by atoms with van der Waals surface area (Å²) >= 11 is 0. The van der Waals surface area contributed by atoms with Gasteiger partial charge in [-0.25, -0.2) is 9.18 Å². The standard InChI is InChI=1S/C7H12FNO3/c1-4(10)9-5(6(11)12)7(2,3)8/h5H,1-3H3,(H,9,10)(H,11,12). The first kappa shape index (κ1) is 10.9. The molecule has 0 fully saturated rings. The smallest absolute Gasteiger partial charge is 0.329 e. The zero-order valence-corrected chi connectivity index (χ0v) is 7.22. The predicted molar refractivity (Wildman–Crippen MR) is 40.4 cm³/mol. The molecule has 1 amide bonds. The molecule has 0 saturated carbocycles. The Morgan fingerprint density at radius 3 is 2.00 bits per heavy atom. The number of nitrogens with one attached hydrogen (secondary N) is 1. The summed E-state index contributed by atoms with van der Waals surface area (Å²) in [7, 11) is 0. The fraction of sp³-hybridized carbons (Fsp3) is 0.714. The molecule has 0 aromatic heterocycles. The van der Waals surface area contributed by atoms with E-state index in [2.05, 4.69) is 0 Å². The second-order valence-electron chi connectivity index (χ2n) is 3.04. The van der Waals surface area contributed by atoms with Crippen molar-refractivity contribution in [2.75, 3.05) is 0 Å². The van der Waals surface area contributed by atoms with Crippen LogP contribution in [-0.4, -0.2) is 28.7 Å². The van der Waals surface area contributed by atoms with Gasteiger partial charge in [-0.3, -0.25) is 4.79 Å². The number of carbonyl (C=O) groups is 2. The number of hydrogen-bond donors (Lipinski definition) is 2. The van der Waals surface area contributed by atoms with E-state index in [0.717, 1.165) is 20.8 Å². The molecule has 0 aliphatic heterocycles. The normalized spacial score (nSPS) is 13.7. The summed E-state index contributed by atoms with van der Waals surface area (Å²) in [4.78, 5) is 20.9. The number of hydrogen-bond acceptors (Lipinski definition) is 2. The van der Waals surface area contributed by atoms with E-state index in [9.17, 15) is 14.0 Å². The van der Waals surface area contributed by atoms with Crippen molar-refractivity contribution in [3.05, 3.63) is 0 Å². The molecule has 0 spiro atoms. The monoisotopic (exact) mass is 177 g/mol. The van der Waals surface area contributed by atoms with Crippen molar-refractivity contribution >= 4 is 11.9 Å². The van der Waals surface area contributed by atoms with E-state index in [1.165, 1.54) is 0 Å². The molecule has 70 valence electrons. The minimum atomic E-state index is -1.96. The first-order chi connectivity index (χ1) is 5.25. The molecule has 1 atom stereocenters. The highest BCUT2D eigenvalue weighted by Crippen LogP contribution is 2.14. The van der Waals surface area contributed by atoms with Gasteiger partial charge in [0.1, 0.15) is 5.67 Å². The lowest BCUT2D eigenvalue weighted by Gasteiger charge is -2.23. The number of halogens is 1. The number of rotatable bonds is 3. The molecule has 4 nitrogen and oxygen atoms in total. The predicted octanol–water partition coefficient (Wildman–Crippen LogP) is 0.324. The lowest BCUT2D eigenvalue weighted by Crippen LogP contribution is -2.51. The van der Waals surface area contributed by atoms with Gasteiger partial charge in [-0.15, -0.1) is 0 Å². The van der Waals surface area contributed by atoms with Gasteiger partial charge in [-0.05, 0) is 13.8 Å². The minimum Gasteiger partial charge on any atom is -0.480 e. The van der Waals surface area contributed by atoms with Crippen LogP contribution in [0, 0.1) is 0 Å². The number of aliphatic carboxylic acids is 1. The fourth-order valence-corrected chi connectivity index (χ4v) is 0.730. The Hall–Kier alpha value is -1.13. The summed E-state index contributed by atoms with van der Waals surface area (Å²) in [5, 5.41) is 10.5. The summed E-state index contributed by atoms with van der Waals surface area (Å²) < 4.78 is 13.1. The van der Waals surface area contributed by atoms with Crippen LogP contribution in [0.3, 0.4) is 0 Å². The van der Waals surface area contributed by atoms with Gasteiger partial charge in [-0.1, -0.05) is 0 Å². The summed E-state index contributed by atoms with van der Waals surface area (Å²) in [5.41, 5.74) is -1.96. The summed E-state index contributed by atoms with van der Waals surface area (Å²) in [6, 6.07) is -1.49. The molecule has 12 heavy (non-hydrogen) atoms. The molecule has 2 N–H and O–H groups in total. The second-order valence-corrected chi connectivity index (χ2v) is 3.04. The molecule has 0 aliphatic carbocycles. The average molecular weight is 177 g/mol. The quantitative estimate of drug-likeness (QED) is 0.652. The molecule has 1 unspecified atom stereocenters. The van der Waals surface area contributed by atoms with Crippen molar-refractivity contribution in [2.24, 2.45) is 0 Å². The number of alkyl halides is 1. The molecule has 0 saturated heterocycles. The second kappa shape index (κ2) is 3.51. The van der Waals surface area contributed by atoms with Crippen molar-refractivity contribution in [1.82, 2.24) is 5.32 Å². The van der Waals surface area contributed by atoms with E-state index in [1.807, 2.05) is 5.32 Å². The topological polar surface area (TPSA) is 66.4 Å². The van der Waals surface area contributed by atoms with Gasteiger partial charge in [0.15, 0.2) is 6.04 Å². The molecule has 0 aromatic carbocycles. The zero-order valence-electron chi connectivity index (χ0n) is 7.22. The first-order valence-electron chi connectivity index (χ1n) is 3.44. The maximum absolute atomic E-state index is 13.1. The molecule has 0 aliphatic rings. The third-order valence-corrected chi connectivity index (χ3v) is 1.28. The molecule has 5 heteroatoms. The minimum absolute atomic E-state index is 0.562. The number of amides is 1. The van der Waals surface area contributed by atoms with E-state index < -0.39 is 23.6 Å². The Morgan fingerprint density at radius 1 is 1.50 bits per heavy atom. The Morgan fingerprint density at radius 2 is 1.92 bits per heavy atom. The molecular weight excluding hydrogens is 165 g/mol. The molecule has 0 radical (unpaired) electrons. The molecule has 0 rings (SSSR count). The van der Waals surface area contributed by atoms with Gasteiger partial charge in [0.05, 0.1) is 0 Å². The largest absolute Gasteiger partial charge is 0.480 e. The highest BCUT2D eigenvalue weighted by molar-refractivity contribution is 5.83. The van der Waals surface area contributed by atoms with Crippen molar-refractivity contribution in [3.63, 3.8) is 0 Å². The lowest BCUT2D eigenvalue weighted by atomic mass is 10.0. The summed E-state index contributed by atoms with van der Waals surface area (Å²) in [5.74, 6) is -1.94. The van der Waals surface area contributed by atoms with Crippen LogP contribution in [0.1, 0.15) is 20.8 Å². The Kier molecular flexibility index (Phi) is 3.18. The molecule has 0 aromatic rings. The van der Waals surface area contributed by atoms with Crippen LogP contribution in [0.4, 0.5) is 4.39 Å². The maximum Gasteiger partial charge on any atom is 0.329 e. The number of carbonyl (C=O) groups excluding carboxylic acids is 1. The van der Waals surface area contributed by atoms with E-state index in [-0.39, 0.29) is 0 Å². The third kappa shape index (κ3) is 3.32. The maximum atomic E-state index is 13.1. The molecule has 0 heterocycles. The van der Waals surface area contributed by atoms with Crippen LogP contribution >= 0.6 is 0 Å². The van der Waals surface area contributed by atoms with Crippen molar-refractivity contribution in [2.45, 2.75) is 32.5 Å². The van der Waals surface area contributed by atoms with E-state index >= 15 is 0 Å². The number of carboxylic acid groups (broad SMARTS) is 1. The Labute approximate surface area is 69.8 Å². The van der Waals surface area contributed by atoms with Crippen LogP contribution in [-0.2, 0) is 9.59 Å². The van der Waals surface area contributed by atoms with Gasteiger partial charge in [0.2, 0.25) is 5.91 Å². The lowest BCUT2D eigenvalue weighted by molar-refractivity contribution is -0.145. The van der Waals surface area contributed by atoms with Crippen LogP contribution in [0.5, 0.6) is 0 Å². The average Bonchev–Trinajstić information content (AvgIpc) is 1.79. The van der Waals surface area contributed by atoms with Crippen LogP contribution in [0.25, 0.3) is 0 Å². The Bertz CT molecular complexity index is 197. The van der Waals surface area contributed by atoms with Crippen LogP contribution in [0.2, 0.25) is 0 Å². The third-order valence-electron chi connectivity index (χ3n) is 1.28. The van der Waals surface area contributed by atoms with Crippen molar-refractivity contribution in [1.29, 1.82) is 0 Å². The van der Waals surface area contributed by atoms with Crippen molar-refractivity contribution in [3.8, 4) is 0 Å². The van der Waals surface area contributed by atoms with Gasteiger partial charge >= 0.3 is 5.97 Å². The molecule has 0 bridgehead atoms. The number of carboxylic acids is 1. The van der Waals surface area contributed by atoms with Gasteiger partial charge in [0, 0.05) is 6.92 Å². The summed E-state index contributed by atoms with van der Waals surface area (Å²) in [6.07, 6.45) is 0. The van der Waals surface area contributed by atoms with E-state index in [4.69, 9.17) is 5.11 Å². The zero-order chi connectivity index (χ0) is 9.94. The van der Waals surface area contributed by atoms with E-state index in [0.29, 0.717) is 0 Å². The Balaban J connectivity index is 4.46. The first-order valence-corrected chi connectivity index (χ1v) is 3.44. The highest BCUT2D eigenvalue weighted by Gasteiger charge is 2.35. The van der Waals surface area contributed by atoms with Crippen LogP contribution in [0.15, 0.2) is 0 Å². The fourth-order valence-electron chi connectivity index (χ4n) is 0.730.